The number of fused-ring (bicyclic) bond motifs is 2. The maximum absolute atomic E-state index is 14.9. The second kappa shape index (κ2) is 14.3. The van der Waals surface area contributed by atoms with Gasteiger partial charge in [0.2, 0.25) is 0 Å². The van der Waals surface area contributed by atoms with E-state index in [2.05, 4.69) is 4.74 Å². The summed E-state index contributed by atoms with van der Waals surface area (Å²) in [6, 6.07) is 9.07. The van der Waals surface area contributed by atoms with Gasteiger partial charge in [0.25, 0.3) is 0 Å². The van der Waals surface area contributed by atoms with Gasteiger partial charge in [0.05, 0.1) is 17.8 Å². The second-order valence-corrected chi connectivity index (χ2v) is 10.4. The Morgan fingerprint density at radius 2 is 1.76 bits per heavy atom. The molecular weight excluding hydrogens is 486 g/mol. The van der Waals surface area contributed by atoms with E-state index in [1.54, 1.807) is 48.7 Å². The molecule has 1 radical (unpaired) electrons. The highest BCUT2D eigenvalue weighted by molar-refractivity contribution is 6.47. The van der Waals surface area contributed by atoms with E-state index in [1.165, 1.54) is 11.6 Å². The molecule has 0 saturated carbocycles. The van der Waals surface area contributed by atoms with Crippen molar-refractivity contribution in [1.29, 1.82) is 0 Å². The highest BCUT2D eigenvalue weighted by atomic mass is 19.1. The number of methoxy groups -OCH3 is 2. The van der Waals surface area contributed by atoms with Crippen LogP contribution in [0, 0.1) is 5.82 Å². The van der Waals surface area contributed by atoms with E-state index in [0.29, 0.717) is 43.3 Å². The molecule has 8 heteroatoms. The Labute approximate surface area is 229 Å². The minimum atomic E-state index is -1.03. The lowest BCUT2D eigenvalue weighted by atomic mass is 9.79. The van der Waals surface area contributed by atoms with Gasteiger partial charge in [-0.2, -0.15) is 0 Å². The predicted molar refractivity (Wildman–Crippen MR) is 150 cm³/mol. The fourth-order valence-corrected chi connectivity index (χ4v) is 4.28. The molecule has 2 aliphatic rings. The summed E-state index contributed by atoms with van der Waals surface area (Å²) in [5.74, 6) is 1.55. The van der Waals surface area contributed by atoms with Gasteiger partial charge < -0.3 is 28.7 Å². The van der Waals surface area contributed by atoms with Crippen LogP contribution in [0.5, 0.6) is 11.5 Å². The molecule has 1 N–H and O–H groups in total. The first-order valence-corrected chi connectivity index (χ1v) is 13.4. The van der Waals surface area contributed by atoms with Crippen LogP contribution < -0.4 is 14.9 Å². The first kappa shape index (κ1) is 32.1. The Morgan fingerprint density at radius 3 is 2.39 bits per heavy atom. The van der Waals surface area contributed by atoms with Crippen LogP contribution in [0.4, 0.5) is 4.39 Å². The van der Waals surface area contributed by atoms with E-state index in [0.717, 1.165) is 23.2 Å². The number of ether oxygens (including phenoxy) is 4. The summed E-state index contributed by atoms with van der Waals surface area (Å²) in [4.78, 5) is 0. The molecule has 2 atom stereocenters. The van der Waals surface area contributed by atoms with Crippen LogP contribution in [-0.4, -0.2) is 58.3 Å². The molecule has 0 fully saturated rings. The number of halogens is 1. The summed E-state index contributed by atoms with van der Waals surface area (Å²) in [5.41, 5.74) is 1.62. The zero-order chi connectivity index (χ0) is 28.5. The van der Waals surface area contributed by atoms with Crippen molar-refractivity contribution in [1.82, 2.24) is 0 Å². The van der Waals surface area contributed by atoms with Crippen LogP contribution in [0.1, 0.15) is 83.1 Å². The van der Waals surface area contributed by atoms with Crippen LogP contribution in [-0.2, 0) is 20.5 Å². The standard InChI is InChI=1S/C26H33BFO5.C2H6O.C2H6/c1-25(2,29)26(3,4)33-27-20-9-10-21(28)24-19(20)8-11-22(24)32-17-6-7-18-16(12-13-30-5)15-31-23(18)14-17;1-3-2;1-2/h6-7,9-10,14,16,22,29H,8,11-13,15H2,1-5H3;1-2H3;1-2H3/t16-,22-;;/m1../s1. The zero-order valence-corrected chi connectivity index (χ0v) is 24.5. The molecule has 4 rings (SSSR count). The van der Waals surface area contributed by atoms with Gasteiger partial charge in [-0.15, -0.1) is 0 Å². The molecule has 1 aliphatic heterocycles. The van der Waals surface area contributed by atoms with Crippen molar-refractivity contribution in [2.24, 2.45) is 0 Å². The Kier molecular flexibility index (Phi) is 12.1. The molecule has 0 bridgehead atoms. The first-order chi connectivity index (χ1) is 18.0. The highest BCUT2D eigenvalue weighted by Crippen LogP contribution is 2.41. The minimum Gasteiger partial charge on any atom is -0.493 e. The molecule has 0 aromatic heterocycles. The third-order valence-electron chi connectivity index (χ3n) is 7.09. The third kappa shape index (κ3) is 7.72. The van der Waals surface area contributed by atoms with Gasteiger partial charge in [-0.3, -0.25) is 0 Å². The van der Waals surface area contributed by atoms with E-state index in [4.69, 9.17) is 18.9 Å². The van der Waals surface area contributed by atoms with Crippen LogP contribution in [0.25, 0.3) is 0 Å². The highest BCUT2D eigenvalue weighted by Gasteiger charge is 2.37. The lowest BCUT2D eigenvalue weighted by Gasteiger charge is -2.37. The first-order valence-electron chi connectivity index (χ1n) is 13.4. The Bertz CT molecular complexity index is 1020. The van der Waals surface area contributed by atoms with Gasteiger partial charge in [0, 0.05) is 51.0 Å². The quantitative estimate of drug-likeness (QED) is 0.431. The molecule has 1 aliphatic carbocycles. The van der Waals surface area contributed by atoms with Crippen LogP contribution >= 0.6 is 0 Å². The van der Waals surface area contributed by atoms with Crippen molar-refractivity contribution in [3.05, 3.63) is 52.8 Å². The molecule has 0 saturated heterocycles. The lowest BCUT2D eigenvalue weighted by molar-refractivity contribution is -0.0893. The van der Waals surface area contributed by atoms with Crippen molar-refractivity contribution in [3.8, 4) is 11.5 Å². The summed E-state index contributed by atoms with van der Waals surface area (Å²) in [6.07, 6.45) is 1.91. The van der Waals surface area contributed by atoms with Crippen molar-refractivity contribution < 1.29 is 33.1 Å². The smallest absolute Gasteiger partial charge is 0.331 e. The minimum absolute atomic E-state index is 0.275. The molecule has 1 heterocycles. The third-order valence-corrected chi connectivity index (χ3v) is 7.09. The fourth-order valence-electron chi connectivity index (χ4n) is 4.28. The van der Waals surface area contributed by atoms with E-state index in [1.807, 2.05) is 45.9 Å². The molecule has 6 nitrogen and oxygen atoms in total. The lowest BCUT2D eigenvalue weighted by Crippen LogP contribution is -2.49. The second-order valence-electron chi connectivity index (χ2n) is 10.4. The molecule has 0 spiro atoms. The fraction of sp³-hybridized carbons (Fsp3) is 0.600. The normalized spacial score (nSPS) is 17.8. The van der Waals surface area contributed by atoms with Gasteiger partial charge in [-0.25, -0.2) is 4.39 Å². The Morgan fingerprint density at radius 1 is 1.08 bits per heavy atom. The van der Waals surface area contributed by atoms with Gasteiger partial charge in [0.15, 0.2) is 0 Å². The zero-order valence-electron chi connectivity index (χ0n) is 24.5. The maximum Gasteiger partial charge on any atom is 0.331 e. The van der Waals surface area contributed by atoms with Gasteiger partial charge in [-0.05, 0) is 70.1 Å². The molecule has 0 unspecified atom stereocenters. The van der Waals surface area contributed by atoms with E-state index < -0.39 is 11.2 Å². The van der Waals surface area contributed by atoms with Gasteiger partial charge in [0.1, 0.15) is 23.4 Å². The number of aliphatic hydroxyl groups is 1. The van der Waals surface area contributed by atoms with Crippen LogP contribution in [0.3, 0.4) is 0 Å². The summed E-state index contributed by atoms with van der Waals surface area (Å²) in [5, 5.41) is 10.4. The number of hydrogen-bond donors (Lipinski definition) is 1. The monoisotopic (exact) mass is 531 g/mol. The Balaban J connectivity index is 0.000000947. The van der Waals surface area contributed by atoms with E-state index in [-0.39, 0.29) is 11.9 Å². The van der Waals surface area contributed by atoms with Crippen molar-refractivity contribution in [2.45, 2.75) is 84.0 Å². The Hall–Kier alpha value is -2.13. The molecule has 0 amide bonds. The largest absolute Gasteiger partial charge is 0.493 e. The van der Waals surface area contributed by atoms with Gasteiger partial charge >= 0.3 is 7.48 Å². The number of benzene rings is 2. The average Bonchev–Trinajstić information content (AvgIpc) is 3.48. The maximum atomic E-state index is 14.9. The van der Waals surface area contributed by atoms with Crippen molar-refractivity contribution >= 4 is 12.9 Å². The summed E-state index contributed by atoms with van der Waals surface area (Å²) in [7, 11) is 6.58. The molecule has 2 aromatic carbocycles. The van der Waals surface area contributed by atoms with Crippen LogP contribution in [0.15, 0.2) is 30.3 Å². The number of rotatable bonds is 9. The molecule has 2 aromatic rings. The molecule has 38 heavy (non-hydrogen) atoms. The van der Waals surface area contributed by atoms with Crippen molar-refractivity contribution in [3.63, 3.8) is 0 Å². The topological polar surface area (TPSA) is 66.4 Å². The number of hydrogen-bond acceptors (Lipinski definition) is 6. The summed E-state index contributed by atoms with van der Waals surface area (Å²) in [6.45, 7) is 12.4. The SMILES string of the molecule is CC.COC.COCC[C@@H]1COc2cc(O[C@@H]3CCc4c([B]OC(C)(C)C(C)(C)O)ccc(F)c43)ccc21. The van der Waals surface area contributed by atoms with E-state index >= 15 is 0 Å². The predicted octanol–water partition coefficient (Wildman–Crippen LogP) is 5.50. The summed E-state index contributed by atoms with van der Waals surface area (Å²) < 4.78 is 42.3. The molecular formula is C30H45BFO6. The van der Waals surface area contributed by atoms with Gasteiger partial charge in [-0.1, -0.05) is 26.0 Å². The summed E-state index contributed by atoms with van der Waals surface area (Å²) >= 11 is 0. The van der Waals surface area contributed by atoms with Crippen LogP contribution in [0.2, 0.25) is 0 Å². The molecule has 211 valence electrons. The van der Waals surface area contributed by atoms with E-state index in [9.17, 15) is 9.50 Å². The van der Waals surface area contributed by atoms with Crippen molar-refractivity contribution in [2.75, 3.05) is 34.5 Å². The average molecular weight is 531 g/mol.